The van der Waals surface area contributed by atoms with Gasteiger partial charge in [-0.05, 0) is 59.1 Å². The lowest BCUT2D eigenvalue weighted by Gasteiger charge is -2.41. The van der Waals surface area contributed by atoms with Gasteiger partial charge in [-0.15, -0.1) is 0 Å². The van der Waals surface area contributed by atoms with Gasteiger partial charge >= 0.3 is 11.9 Å². The summed E-state index contributed by atoms with van der Waals surface area (Å²) in [5, 5.41) is 10.4. The Labute approximate surface area is 252 Å². The fourth-order valence-corrected chi connectivity index (χ4v) is 6.40. The summed E-state index contributed by atoms with van der Waals surface area (Å²) < 4.78 is 35.4. The Morgan fingerprint density at radius 2 is 1.72 bits per heavy atom. The SMILES string of the molecule is COc1cc([C@H]2OC(=O)[C@H]([C@H](O[Si](C)(C)C(C)(C)C)c3ccc4c(c3)OCO4)[C@@H]2C(=O)O)ccc1OCc1ccccc1. The molecule has 1 fully saturated rings. The maximum atomic E-state index is 13.7. The summed E-state index contributed by atoms with van der Waals surface area (Å²) in [6.45, 7) is 10.8. The summed E-state index contributed by atoms with van der Waals surface area (Å²) in [6, 6.07) is 20.1. The molecule has 0 spiro atoms. The normalized spacial score (nSPS) is 20.4. The number of esters is 1. The predicted octanol–water partition coefficient (Wildman–Crippen LogP) is 6.68. The Morgan fingerprint density at radius 1 is 1.00 bits per heavy atom. The van der Waals surface area contributed by atoms with E-state index in [1.807, 2.05) is 30.3 Å². The van der Waals surface area contributed by atoms with Crippen LogP contribution >= 0.6 is 0 Å². The Hall–Kier alpha value is -4.02. The number of aliphatic carboxylic acids is 1. The van der Waals surface area contributed by atoms with E-state index in [4.69, 9.17) is 28.1 Å². The van der Waals surface area contributed by atoms with E-state index in [-0.39, 0.29) is 11.8 Å². The molecule has 0 aromatic heterocycles. The molecule has 2 aliphatic heterocycles. The molecule has 4 atom stereocenters. The molecule has 2 aliphatic rings. The molecule has 2 heterocycles. The van der Waals surface area contributed by atoms with Crippen LogP contribution < -0.4 is 18.9 Å². The zero-order chi connectivity index (χ0) is 30.9. The molecule has 10 heteroatoms. The molecular weight excluding hydrogens is 568 g/mol. The predicted molar refractivity (Wildman–Crippen MR) is 161 cm³/mol. The van der Waals surface area contributed by atoms with Crippen LogP contribution in [0.4, 0.5) is 0 Å². The van der Waals surface area contributed by atoms with Crippen LogP contribution in [0.15, 0.2) is 66.7 Å². The molecule has 0 radical (unpaired) electrons. The van der Waals surface area contributed by atoms with Crippen molar-refractivity contribution < 1.29 is 42.8 Å². The number of cyclic esters (lactones) is 1. The smallest absolute Gasteiger partial charge is 0.313 e. The van der Waals surface area contributed by atoms with Crippen molar-refractivity contribution in [3.63, 3.8) is 0 Å². The van der Waals surface area contributed by atoms with Crippen LogP contribution in [-0.2, 0) is 25.4 Å². The van der Waals surface area contributed by atoms with E-state index in [0.717, 1.165) is 5.56 Å². The first-order valence-corrected chi connectivity index (χ1v) is 17.2. The molecule has 5 rings (SSSR count). The van der Waals surface area contributed by atoms with E-state index in [9.17, 15) is 14.7 Å². The van der Waals surface area contributed by atoms with Gasteiger partial charge in [0.05, 0.1) is 13.2 Å². The van der Waals surface area contributed by atoms with Gasteiger partial charge in [-0.25, -0.2) is 0 Å². The maximum absolute atomic E-state index is 13.7. The van der Waals surface area contributed by atoms with Crippen LogP contribution in [0.2, 0.25) is 18.1 Å². The van der Waals surface area contributed by atoms with E-state index in [1.54, 1.807) is 36.4 Å². The minimum atomic E-state index is -2.51. The second kappa shape index (κ2) is 11.9. The van der Waals surface area contributed by atoms with Crippen molar-refractivity contribution in [2.45, 2.75) is 57.7 Å². The minimum Gasteiger partial charge on any atom is -0.493 e. The van der Waals surface area contributed by atoms with Gasteiger partial charge in [-0.3, -0.25) is 9.59 Å². The van der Waals surface area contributed by atoms with Gasteiger partial charge in [0.25, 0.3) is 0 Å². The maximum Gasteiger partial charge on any atom is 0.313 e. The average molecular weight is 607 g/mol. The summed E-state index contributed by atoms with van der Waals surface area (Å²) in [6.07, 6.45) is -1.95. The number of hydrogen-bond donors (Lipinski definition) is 1. The van der Waals surface area contributed by atoms with E-state index >= 15 is 0 Å². The van der Waals surface area contributed by atoms with E-state index < -0.39 is 44.3 Å². The standard InChI is InChI=1S/C33H38O9Si/c1-33(2,3)43(5,6)42-30(22-13-15-24-26(17-22)40-19-39-24)28-27(31(34)35)29(41-32(28)36)21-12-14-23(25(16-21)37-4)38-18-20-10-8-7-9-11-20/h7-17,27-30H,18-19H2,1-6H3,(H,34,35)/t27-,28-,29+,30+/m0/s1. The first-order chi connectivity index (χ1) is 20.4. The third-order valence-electron chi connectivity index (χ3n) is 8.55. The summed E-state index contributed by atoms with van der Waals surface area (Å²) in [5.74, 6) is -2.14. The molecule has 1 saturated heterocycles. The van der Waals surface area contributed by atoms with Crippen molar-refractivity contribution in [3.8, 4) is 23.0 Å². The molecular formula is C33H38O9Si. The molecule has 0 amide bonds. The first-order valence-electron chi connectivity index (χ1n) is 14.2. The van der Waals surface area contributed by atoms with Crippen molar-refractivity contribution in [2.24, 2.45) is 11.8 Å². The summed E-state index contributed by atoms with van der Waals surface area (Å²) in [4.78, 5) is 26.6. The fourth-order valence-electron chi connectivity index (χ4n) is 5.13. The van der Waals surface area contributed by atoms with Gasteiger partial charge in [0.1, 0.15) is 24.5 Å². The molecule has 0 unspecified atom stereocenters. The van der Waals surface area contributed by atoms with Crippen LogP contribution in [0, 0.1) is 11.8 Å². The van der Waals surface area contributed by atoms with Gasteiger partial charge in [-0.1, -0.05) is 63.2 Å². The summed E-state index contributed by atoms with van der Waals surface area (Å²) in [5.41, 5.74) is 2.11. The minimum absolute atomic E-state index is 0.0880. The monoisotopic (exact) mass is 606 g/mol. The van der Waals surface area contributed by atoms with Crippen molar-refractivity contribution in [2.75, 3.05) is 13.9 Å². The highest BCUT2D eigenvalue weighted by Crippen LogP contribution is 2.51. The molecule has 9 nitrogen and oxygen atoms in total. The first kappa shape index (κ1) is 30.4. The molecule has 0 aliphatic carbocycles. The van der Waals surface area contributed by atoms with Crippen molar-refractivity contribution in [3.05, 3.63) is 83.4 Å². The number of benzene rings is 3. The molecule has 3 aromatic rings. The number of carboxylic acids is 1. The lowest BCUT2D eigenvalue weighted by molar-refractivity contribution is -0.148. The number of carbonyl (C=O) groups excluding carboxylic acids is 1. The lowest BCUT2D eigenvalue weighted by Crippen LogP contribution is -2.45. The van der Waals surface area contributed by atoms with Crippen molar-refractivity contribution in [1.29, 1.82) is 0 Å². The molecule has 0 bridgehead atoms. The number of carbonyl (C=O) groups is 2. The Balaban J connectivity index is 1.49. The second-order valence-corrected chi connectivity index (χ2v) is 17.1. The average Bonchev–Trinajstić information content (AvgIpc) is 3.58. The highest BCUT2D eigenvalue weighted by molar-refractivity contribution is 6.74. The van der Waals surface area contributed by atoms with Crippen molar-refractivity contribution >= 4 is 20.3 Å². The quantitative estimate of drug-likeness (QED) is 0.200. The molecule has 0 saturated carbocycles. The van der Waals surface area contributed by atoms with Crippen LogP contribution in [0.25, 0.3) is 0 Å². The van der Waals surface area contributed by atoms with Gasteiger partial charge in [-0.2, -0.15) is 0 Å². The molecule has 43 heavy (non-hydrogen) atoms. The topological polar surface area (TPSA) is 110 Å². The number of hydrogen-bond acceptors (Lipinski definition) is 8. The number of carboxylic acid groups (broad SMARTS) is 1. The number of methoxy groups -OCH3 is 1. The zero-order valence-electron chi connectivity index (χ0n) is 25.3. The Kier molecular flexibility index (Phi) is 8.44. The van der Waals surface area contributed by atoms with Gasteiger partial charge in [0.2, 0.25) is 6.79 Å². The highest BCUT2D eigenvalue weighted by atomic mass is 28.4. The Morgan fingerprint density at radius 3 is 2.40 bits per heavy atom. The Bertz CT molecular complexity index is 1480. The van der Waals surface area contributed by atoms with Crippen LogP contribution in [-0.4, -0.2) is 39.3 Å². The van der Waals surface area contributed by atoms with Crippen LogP contribution in [0.3, 0.4) is 0 Å². The number of rotatable bonds is 10. The molecule has 1 N–H and O–H groups in total. The third-order valence-corrected chi connectivity index (χ3v) is 13.0. The van der Waals surface area contributed by atoms with Gasteiger partial charge in [0.15, 0.2) is 31.3 Å². The second-order valence-electron chi connectivity index (χ2n) is 12.3. The third kappa shape index (κ3) is 6.21. The number of ether oxygens (including phenoxy) is 5. The van der Waals surface area contributed by atoms with Gasteiger partial charge < -0.3 is 33.2 Å². The largest absolute Gasteiger partial charge is 0.493 e. The molecule has 3 aromatic carbocycles. The lowest BCUT2D eigenvalue weighted by atomic mass is 9.81. The fraction of sp³-hybridized carbons (Fsp3) is 0.394. The number of fused-ring (bicyclic) bond motifs is 1. The van der Waals surface area contributed by atoms with Crippen LogP contribution in [0.5, 0.6) is 23.0 Å². The van der Waals surface area contributed by atoms with Crippen molar-refractivity contribution in [1.82, 2.24) is 0 Å². The van der Waals surface area contributed by atoms with Crippen LogP contribution in [0.1, 0.15) is 49.7 Å². The highest BCUT2D eigenvalue weighted by Gasteiger charge is 2.55. The summed E-state index contributed by atoms with van der Waals surface area (Å²) in [7, 11) is -0.999. The molecule has 228 valence electrons. The van der Waals surface area contributed by atoms with E-state index in [1.165, 1.54) is 7.11 Å². The van der Waals surface area contributed by atoms with E-state index in [0.29, 0.717) is 40.7 Å². The zero-order valence-corrected chi connectivity index (χ0v) is 26.3. The van der Waals surface area contributed by atoms with Gasteiger partial charge in [0, 0.05) is 0 Å². The summed E-state index contributed by atoms with van der Waals surface area (Å²) >= 11 is 0. The van der Waals surface area contributed by atoms with E-state index in [2.05, 4.69) is 33.9 Å².